The van der Waals surface area contributed by atoms with E-state index in [4.69, 9.17) is 4.55 Å². The zero-order valence-corrected chi connectivity index (χ0v) is 7.51. The summed E-state index contributed by atoms with van der Waals surface area (Å²) < 4.78 is 21.0. The minimum Gasteiger partial charge on any atom is -0.305 e. The molecular weight excluding hydrogens is 164 g/mol. The summed E-state index contributed by atoms with van der Waals surface area (Å²) in [4.78, 5) is 2.17. The Bertz CT molecular complexity index is 154. The number of nitrogens with zero attached hydrogens (tertiary/aromatic N) is 2. The summed E-state index contributed by atoms with van der Waals surface area (Å²) in [7, 11) is 2.03. The maximum atomic E-state index is 10.6. The molecule has 0 spiro atoms. The molecule has 1 fully saturated rings. The van der Waals surface area contributed by atoms with Gasteiger partial charge in [0.25, 0.3) is 0 Å². The summed E-state index contributed by atoms with van der Waals surface area (Å²) in [5, 5.41) is 0. The van der Waals surface area contributed by atoms with Crippen molar-refractivity contribution in [2.45, 2.75) is 6.42 Å². The summed E-state index contributed by atoms with van der Waals surface area (Å²) in [5.41, 5.74) is 0. The Kier molecular flexibility index (Phi) is 3.45. The highest BCUT2D eigenvalue weighted by Crippen LogP contribution is 2.01. The van der Waals surface area contributed by atoms with Crippen LogP contribution in [-0.4, -0.2) is 51.2 Å². The monoisotopic (exact) mass is 178 g/mol. The number of hydrogen-bond donors (Lipinski definition) is 1. The average molecular weight is 178 g/mol. The summed E-state index contributed by atoms with van der Waals surface area (Å²) in [6.07, 6.45) is 0.975. The Hall–Kier alpha value is 0.0300. The molecule has 1 saturated heterocycles. The lowest BCUT2D eigenvalue weighted by atomic mass is 10.4. The number of hydrogen-bond acceptors (Lipinski definition) is 2. The van der Waals surface area contributed by atoms with Gasteiger partial charge in [-0.15, -0.1) is 0 Å². The molecule has 1 rings (SSSR count). The van der Waals surface area contributed by atoms with E-state index >= 15 is 0 Å². The van der Waals surface area contributed by atoms with Crippen LogP contribution in [0.5, 0.6) is 0 Å². The second-order valence-corrected chi connectivity index (χ2v) is 3.79. The van der Waals surface area contributed by atoms with Crippen molar-refractivity contribution in [3.63, 3.8) is 0 Å². The molecular formula is C6H14N2O2S. The first-order valence-corrected chi connectivity index (χ1v) is 4.81. The molecule has 5 heteroatoms. The third-order valence-electron chi connectivity index (χ3n) is 1.90. The molecule has 1 aliphatic heterocycles. The van der Waals surface area contributed by atoms with E-state index in [0.717, 1.165) is 26.1 Å². The lowest BCUT2D eigenvalue weighted by Crippen LogP contribution is -2.30. The highest BCUT2D eigenvalue weighted by atomic mass is 32.2. The maximum Gasteiger partial charge on any atom is 0.234 e. The van der Waals surface area contributed by atoms with Crippen molar-refractivity contribution in [1.29, 1.82) is 0 Å². The van der Waals surface area contributed by atoms with E-state index in [0.29, 0.717) is 6.54 Å². The van der Waals surface area contributed by atoms with Crippen LogP contribution in [0, 0.1) is 0 Å². The smallest absolute Gasteiger partial charge is 0.234 e. The van der Waals surface area contributed by atoms with Gasteiger partial charge in [-0.25, -0.2) is 4.21 Å². The molecule has 1 aliphatic rings. The van der Waals surface area contributed by atoms with Gasteiger partial charge in [0.05, 0.1) is 0 Å². The third kappa shape index (κ3) is 2.86. The first kappa shape index (κ1) is 9.12. The van der Waals surface area contributed by atoms with Crippen LogP contribution >= 0.6 is 0 Å². The predicted octanol–water partition coefficient (Wildman–Crippen LogP) is -0.239. The predicted molar refractivity (Wildman–Crippen MR) is 44.5 cm³/mol. The Balaban J connectivity index is 2.40. The lowest BCUT2D eigenvalue weighted by molar-refractivity contribution is 0.345. The summed E-state index contributed by atoms with van der Waals surface area (Å²) >= 11 is -1.77. The van der Waals surface area contributed by atoms with Crippen LogP contribution in [0.4, 0.5) is 0 Å². The van der Waals surface area contributed by atoms with Crippen LogP contribution in [0.2, 0.25) is 0 Å². The molecule has 66 valence electrons. The van der Waals surface area contributed by atoms with Crippen molar-refractivity contribution in [3.05, 3.63) is 0 Å². The van der Waals surface area contributed by atoms with E-state index in [-0.39, 0.29) is 0 Å². The van der Waals surface area contributed by atoms with Crippen molar-refractivity contribution in [2.75, 3.05) is 33.2 Å². The molecule has 0 aromatic carbocycles. The van der Waals surface area contributed by atoms with Crippen LogP contribution in [-0.2, 0) is 11.3 Å². The molecule has 0 radical (unpaired) electrons. The fourth-order valence-corrected chi connectivity index (χ4v) is 1.70. The zero-order valence-electron chi connectivity index (χ0n) is 6.69. The second kappa shape index (κ2) is 4.15. The quantitative estimate of drug-likeness (QED) is 0.564. The summed E-state index contributed by atoms with van der Waals surface area (Å²) in [5.74, 6) is 0. The van der Waals surface area contributed by atoms with Gasteiger partial charge < -0.3 is 4.90 Å². The van der Waals surface area contributed by atoms with Gasteiger partial charge >= 0.3 is 0 Å². The van der Waals surface area contributed by atoms with E-state index < -0.39 is 11.3 Å². The van der Waals surface area contributed by atoms with E-state index in [1.165, 1.54) is 0 Å². The van der Waals surface area contributed by atoms with E-state index in [1.807, 2.05) is 7.05 Å². The minimum absolute atomic E-state index is 0.694. The van der Waals surface area contributed by atoms with Gasteiger partial charge in [-0.2, -0.15) is 4.31 Å². The van der Waals surface area contributed by atoms with Crippen LogP contribution in [0.15, 0.2) is 0 Å². The van der Waals surface area contributed by atoms with Gasteiger partial charge in [0, 0.05) is 19.6 Å². The van der Waals surface area contributed by atoms with E-state index in [1.54, 1.807) is 4.31 Å². The largest absolute Gasteiger partial charge is 0.305 e. The first-order chi connectivity index (χ1) is 5.20. The highest BCUT2D eigenvalue weighted by Gasteiger charge is 2.15. The molecule has 1 unspecified atom stereocenters. The first-order valence-electron chi connectivity index (χ1n) is 3.74. The van der Waals surface area contributed by atoms with E-state index in [2.05, 4.69) is 4.90 Å². The molecule has 0 aromatic heterocycles. The maximum absolute atomic E-state index is 10.6. The standard InChI is InChI=1S/C6H14N2O2S/c1-7-3-2-4-8(6-5-7)11(9)10/h2-6H2,1H3,(H,9,10). The Morgan fingerprint density at radius 3 is 2.64 bits per heavy atom. The normalized spacial score (nSPS) is 26.4. The van der Waals surface area contributed by atoms with Gasteiger partial charge in [-0.1, -0.05) is 0 Å². The third-order valence-corrected chi connectivity index (χ3v) is 2.71. The lowest BCUT2D eigenvalue weighted by Gasteiger charge is -2.14. The fraction of sp³-hybridized carbons (Fsp3) is 1.00. The van der Waals surface area contributed by atoms with Crippen LogP contribution in [0.3, 0.4) is 0 Å². The van der Waals surface area contributed by atoms with Crippen molar-refractivity contribution in [2.24, 2.45) is 0 Å². The Morgan fingerprint density at radius 1 is 1.27 bits per heavy atom. The van der Waals surface area contributed by atoms with E-state index in [9.17, 15) is 4.21 Å². The highest BCUT2D eigenvalue weighted by molar-refractivity contribution is 7.76. The van der Waals surface area contributed by atoms with Crippen molar-refractivity contribution < 1.29 is 8.76 Å². The molecule has 11 heavy (non-hydrogen) atoms. The van der Waals surface area contributed by atoms with Crippen LogP contribution < -0.4 is 0 Å². The molecule has 0 aliphatic carbocycles. The van der Waals surface area contributed by atoms with Gasteiger partial charge in [0.1, 0.15) is 0 Å². The molecule has 0 bridgehead atoms. The Morgan fingerprint density at radius 2 is 2.00 bits per heavy atom. The summed E-state index contributed by atoms with van der Waals surface area (Å²) in [6, 6.07) is 0. The minimum atomic E-state index is -1.77. The molecule has 0 saturated carbocycles. The van der Waals surface area contributed by atoms with Crippen molar-refractivity contribution in [3.8, 4) is 0 Å². The van der Waals surface area contributed by atoms with Gasteiger partial charge in [0.15, 0.2) is 0 Å². The van der Waals surface area contributed by atoms with Crippen LogP contribution in [0.25, 0.3) is 0 Å². The fourth-order valence-electron chi connectivity index (χ4n) is 1.18. The molecule has 1 heterocycles. The van der Waals surface area contributed by atoms with Gasteiger partial charge in [-0.3, -0.25) is 4.55 Å². The van der Waals surface area contributed by atoms with Gasteiger partial charge in [0.2, 0.25) is 11.3 Å². The second-order valence-electron chi connectivity index (χ2n) is 2.82. The Labute approximate surface area is 69.6 Å². The number of likely N-dealkylation sites (N-methyl/N-ethyl adjacent to an activating group) is 1. The van der Waals surface area contributed by atoms with Crippen molar-refractivity contribution >= 4 is 11.3 Å². The SMILES string of the molecule is CN1CCCN(S(=O)O)CC1. The average Bonchev–Trinajstić information content (AvgIpc) is 2.13. The molecule has 0 amide bonds. The molecule has 1 atom stereocenters. The zero-order chi connectivity index (χ0) is 8.27. The summed E-state index contributed by atoms with van der Waals surface area (Å²) in [6.45, 7) is 3.33. The topological polar surface area (TPSA) is 43.8 Å². The molecule has 1 N–H and O–H groups in total. The number of rotatable bonds is 1. The van der Waals surface area contributed by atoms with Crippen LogP contribution in [0.1, 0.15) is 6.42 Å². The van der Waals surface area contributed by atoms with Gasteiger partial charge in [-0.05, 0) is 20.0 Å². The molecule has 0 aromatic rings. The molecule has 4 nitrogen and oxygen atoms in total. The van der Waals surface area contributed by atoms with Crippen molar-refractivity contribution in [1.82, 2.24) is 9.21 Å².